The van der Waals surface area contributed by atoms with Gasteiger partial charge in [-0.05, 0) is 43.7 Å². The first kappa shape index (κ1) is 32.0. The van der Waals surface area contributed by atoms with Crippen LogP contribution >= 0.6 is 11.3 Å². The highest BCUT2D eigenvalue weighted by molar-refractivity contribution is 7.21. The largest absolute Gasteiger partial charge is 0.484 e. The Kier molecular flexibility index (Phi) is 9.38. The summed E-state index contributed by atoms with van der Waals surface area (Å²) in [4.78, 5) is 44.5. The van der Waals surface area contributed by atoms with Crippen LogP contribution in [0, 0.1) is 12.7 Å². The second kappa shape index (κ2) is 13.8. The molecule has 1 aliphatic heterocycles. The number of nitrogens with one attached hydrogen (secondary N) is 1. The Morgan fingerprint density at radius 1 is 1.17 bits per heavy atom. The number of nitrogens with zero attached hydrogens (tertiary/aromatic N) is 5. The van der Waals surface area contributed by atoms with Crippen LogP contribution < -0.4 is 14.8 Å². The van der Waals surface area contributed by atoms with E-state index in [0.29, 0.717) is 51.0 Å². The van der Waals surface area contributed by atoms with Crippen LogP contribution in [0.2, 0.25) is 0 Å². The van der Waals surface area contributed by atoms with Crippen molar-refractivity contribution in [2.75, 3.05) is 45.4 Å². The van der Waals surface area contributed by atoms with Gasteiger partial charge in [-0.1, -0.05) is 0 Å². The molecule has 3 aromatic heterocycles. The molecule has 0 radical (unpaired) electrons. The minimum atomic E-state index is -0.774. The summed E-state index contributed by atoms with van der Waals surface area (Å²) in [6, 6.07) is 9.31. The number of aliphatic hydroxyl groups is 1. The summed E-state index contributed by atoms with van der Waals surface area (Å²) >= 11 is 1.37. The molecule has 6 rings (SSSR count). The Balaban J connectivity index is 1.07. The molecule has 47 heavy (non-hydrogen) atoms. The monoisotopic (exact) mass is 662 g/mol. The minimum absolute atomic E-state index is 0.00371. The summed E-state index contributed by atoms with van der Waals surface area (Å²) in [6.07, 6.45) is 1.42. The van der Waals surface area contributed by atoms with Crippen LogP contribution in [0.15, 0.2) is 48.8 Å². The number of aliphatic hydroxyl groups excluding tert-OH is 1. The van der Waals surface area contributed by atoms with E-state index in [-0.39, 0.29) is 37.2 Å². The molecule has 0 bridgehead atoms. The minimum Gasteiger partial charge on any atom is -0.484 e. The second-order valence-corrected chi connectivity index (χ2v) is 11.9. The Morgan fingerprint density at radius 3 is 2.79 bits per heavy atom. The van der Waals surface area contributed by atoms with Gasteiger partial charge in [-0.25, -0.2) is 29.1 Å². The van der Waals surface area contributed by atoms with Crippen molar-refractivity contribution < 1.29 is 38.0 Å². The van der Waals surface area contributed by atoms with Gasteiger partial charge in [0.15, 0.2) is 11.6 Å². The molecule has 2 atom stereocenters. The zero-order valence-electron chi connectivity index (χ0n) is 25.7. The first-order valence-corrected chi connectivity index (χ1v) is 15.5. The number of halogens is 1. The summed E-state index contributed by atoms with van der Waals surface area (Å²) in [5.74, 6) is -0.547. The van der Waals surface area contributed by atoms with E-state index in [1.807, 2.05) is 19.1 Å². The van der Waals surface area contributed by atoms with Crippen LogP contribution in [0.3, 0.4) is 0 Å². The average molecular weight is 663 g/mol. The zero-order chi connectivity index (χ0) is 33.1. The van der Waals surface area contributed by atoms with Gasteiger partial charge in [0.2, 0.25) is 5.88 Å². The van der Waals surface area contributed by atoms with Crippen molar-refractivity contribution in [3.8, 4) is 22.2 Å². The molecule has 1 saturated heterocycles. The molecule has 2 aromatic carbocycles. The number of carbonyl (C=O) groups is 2. The lowest BCUT2D eigenvalue weighted by Crippen LogP contribution is -2.50. The standard InChI is InChI=1S/C32H31FN6O7S/c1-17-8-21(29-25(9-17)37-28(43-3)13-35-29)30-38-24-10-22(33)26(11-27(24)47-30)46-18(2)15-45-32(42)36-19-4-5-23(34-12-19)31(41)39-6-7-44-16-20(39)14-40/h4-5,8-13,18,20,40H,6-7,14-16H2,1-3H3,(H,36,42)/t18-,20-/m0/s1. The number of carbonyl (C=O) groups excluding carboxylic acids is 2. The van der Waals surface area contributed by atoms with E-state index in [9.17, 15) is 14.7 Å². The van der Waals surface area contributed by atoms with Gasteiger partial charge in [-0.15, -0.1) is 11.3 Å². The summed E-state index contributed by atoms with van der Waals surface area (Å²) in [5, 5.41) is 12.7. The fraction of sp³-hybridized carbons (Fsp3) is 0.312. The molecule has 2 N–H and O–H groups in total. The van der Waals surface area contributed by atoms with Gasteiger partial charge < -0.3 is 29.0 Å². The van der Waals surface area contributed by atoms with Crippen molar-refractivity contribution in [3.63, 3.8) is 0 Å². The van der Waals surface area contributed by atoms with Gasteiger partial charge in [0, 0.05) is 24.2 Å². The number of thiazole rings is 1. The topological polar surface area (TPSA) is 158 Å². The number of ether oxygens (including phenoxy) is 4. The molecular weight excluding hydrogens is 631 g/mol. The number of hydrogen-bond acceptors (Lipinski definition) is 12. The smallest absolute Gasteiger partial charge is 0.411 e. The molecule has 0 aliphatic carbocycles. The molecule has 1 fully saturated rings. The molecule has 15 heteroatoms. The van der Waals surface area contributed by atoms with Crippen molar-refractivity contribution in [2.45, 2.75) is 26.0 Å². The fourth-order valence-electron chi connectivity index (χ4n) is 5.06. The van der Waals surface area contributed by atoms with Gasteiger partial charge in [0.1, 0.15) is 23.4 Å². The number of anilines is 1. The number of fused-ring (bicyclic) bond motifs is 2. The number of rotatable bonds is 9. The number of amides is 2. The normalized spacial score (nSPS) is 15.4. The van der Waals surface area contributed by atoms with Crippen LogP contribution in [0.25, 0.3) is 31.8 Å². The number of methoxy groups -OCH3 is 1. The summed E-state index contributed by atoms with van der Waals surface area (Å²) in [7, 11) is 1.53. The van der Waals surface area contributed by atoms with E-state index in [1.54, 1.807) is 19.2 Å². The van der Waals surface area contributed by atoms with Crippen LogP contribution in [-0.4, -0.2) is 94.2 Å². The molecule has 0 saturated carbocycles. The van der Waals surface area contributed by atoms with E-state index >= 15 is 4.39 Å². The molecule has 0 spiro atoms. The lowest BCUT2D eigenvalue weighted by atomic mass is 10.1. The third-order valence-electron chi connectivity index (χ3n) is 7.36. The van der Waals surface area contributed by atoms with E-state index in [2.05, 4.69) is 25.3 Å². The van der Waals surface area contributed by atoms with Gasteiger partial charge in [-0.3, -0.25) is 10.1 Å². The first-order chi connectivity index (χ1) is 22.7. The molecule has 244 valence electrons. The van der Waals surface area contributed by atoms with Crippen molar-refractivity contribution in [1.29, 1.82) is 0 Å². The highest BCUT2D eigenvalue weighted by atomic mass is 32.1. The van der Waals surface area contributed by atoms with Crippen molar-refractivity contribution in [1.82, 2.24) is 24.8 Å². The van der Waals surface area contributed by atoms with Crippen molar-refractivity contribution in [3.05, 3.63) is 65.9 Å². The summed E-state index contributed by atoms with van der Waals surface area (Å²) in [5.41, 5.74) is 4.00. The summed E-state index contributed by atoms with van der Waals surface area (Å²) in [6.45, 7) is 4.18. The van der Waals surface area contributed by atoms with Crippen molar-refractivity contribution >= 4 is 50.3 Å². The third-order valence-corrected chi connectivity index (χ3v) is 8.41. The van der Waals surface area contributed by atoms with E-state index in [0.717, 1.165) is 11.1 Å². The predicted molar refractivity (Wildman–Crippen MR) is 171 cm³/mol. The number of benzene rings is 2. The molecular formula is C32H31FN6O7S. The molecule has 5 aromatic rings. The molecule has 1 aliphatic rings. The Bertz CT molecular complexity index is 1940. The highest BCUT2D eigenvalue weighted by Gasteiger charge is 2.28. The lowest BCUT2D eigenvalue weighted by molar-refractivity contribution is -0.0186. The van der Waals surface area contributed by atoms with Crippen LogP contribution in [-0.2, 0) is 9.47 Å². The van der Waals surface area contributed by atoms with Gasteiger partial charge in [-0.2, -0.15) is 0 Å². The lowest BCUT2D eigenvalue weighted by Gasteiger charge is -2.34. The van der Waals surface area contributed by atoms with E-state index in [1.165, 1.54) is 47.7 Å². The third kappa shape index (κ3) is 7.06. The number of aromatic nitrogens is 4. The van der Waals surface area contributed by atoms with Gasteiger partial charge in [0.05, 0.1) is 72.3 Å². The first-order valence-electron chi connectivity index (χ1n) is 14.7. The molecule has 4 heterocycles. The quantitative estimate of drug-likeness (QED) is 0.227. The van der Waals surface area contributed by atoms with Crippen molar-refractivity contribution in [2.24, 2.45) is 0 Å². The second-order valence-electron chi connectivity index (χ2n) is 10.9. The zero-order valence-corrected chi connectivity index (χ0v) is 26.5. The maximum Gasteiger partial charge on any atom is 0.411 e. The molecule has 13 nitrogen and oxygen atoms in total. The maximum atomic E-state index is 15.1. The SMILES string of the molecule is COc1cnc2c(-c3nc4cc(F)c(O[C@@H](C)COC(=O)Nc5ccc(C(=O)N6CCOC[C@@H]6CO)nc5)cc4s3)cc(C)cc2n1. The van der Waals surface area contributed by atoms with Gasteiger partial charge >= 0.3 is 6.09 Å². The molecule has 2 amide bonds. The Hall–Kier alpha value is -4.99. The number of pyridine rings is 1. The van der Waals surface area contributed by atoms with Crippen LogP contribution in [0.5, 0.6) is 11.6 Å². The van der Waals surface area contributed by atoms with E-state index in [4.69, 9.17) is 18.9 Å². The fourth-order valence-corrected chi connectivity index (χ4v) is 6.05. The highest BCUT2D eigenvalue weighted by Crippen LogP contribution is 2.37. The molecule has 0 unspecified atom stereocenters. The Morgan fingerprint density at radius 2 is 2.02 bits per heavy atom. The van der Waals surface area contributed by atoms with Crippen LogP contribution in [0.4, 0.5) is 14.9 Å². The summed E-state index contributed by atoms with van der Waals surface area (Å²) < 4.78 is 37.3. The van der Waals surface area contributed by atoms with Crippen LogP contribution in [0.1, 0.15) is 23.0 Å². The number of aryl methyl sites for hydroxylation is 1. The number of hydrogen-bond donors (Lipinski definition) is 2. The Labute approximate surface area is 272 Å². The average Bonchev–Trinajstić information content (AvgIpc) is 3.49. The van der Waals surface area contributed by atoms with Gasteiger partial charge in [0.25, 0.3) is 5.91 Å². The van der Waals surface area contributed by atoms with E-state index < -0.39 is 24.1 Å². The number of morpholine rings is 1. The predicted octanol–water partition coefficient (Wildman–Crippen LogP) is 4.61. The maximum absolute atomic E-state index is 15.1.